The number of rotatable bonds is 5. The van der Waals surface area contributed by atoms with Gasteiger partial charge >= 0.3 is 0 Å². The van der Waals surface area contributed by atoms with Gasteiger partial charge in [0.05, 0.1) is 12.1 Å². The van der Waals surface area contributed by atoms with Crippen molar-refractivity contribution in [2.45, 2.75) is 73.7 Å². The monoisotopic (exact) mass is 305 g/mol. The fourth-order valence-corrected chi connectivity index (χ4v) is 4.96. The Kier molecular flexibility index (Phi) is 5.48. The van der Waals surface area contributed by atoms with Crippen LogP contribution < -0.4 is 5.32 Å². The Balaban J connectivity index is 1.68. The molecule has 2 aliphatic rings. The van der Waals surface area contributed by atoms with Crippen molar-refractivity contribution in [2.24, 2.45) is 0 Å². The normalized spacial score (nSPS) is 26.9. The van der Waals surface area contributed by atoms with Crippen LogP contribution in [0.25, 0.3) is 0 Å². The number of hydrogen-bond donors (Lipinski definition) is 1. The topological polar surface area (TPSA) is 21.3 Å². The van der Waals surface area contributed by atoms with E-state index in [1.54, 1.807) is 0 Å². The first-order chi connectivity index (χ1) is 10.4. The van der Waals surface area contributed by atoms with Gasteiger partial charge in [-0.1, -0.05) is 37.8 Å². The first-order valence-electron chi connectivity index (χ1n) is 8.42. The van der Waals surface area contributed by atoms with E-state index < -0.39 is 0 Å². The number of benzene rings is 1. The summed E-state index contributed by atoms with van der Waals surface area (Å²) in [5.41, 5.74) is 1.31. The van der Waals surface area contributed by atoms with Gasteiger partial charge in [-0.3, -0.25) is 0 Å². The maximum Gasteiger partial charge on any atom is 0.0772 e. The molecule has 2 nitrogen and oxygen atoms in total. The van der Waals surface area contributed by atoms with Crippen molar-refractivity contribution in [3.05, 3.63) is 24.3 Å². The van der Waals surface area contributed by atoms with Gasteiger partial charge in [-0.15, -0.1) is 11.8 Å². The lowest BCUT2D eigenvalue weighted by molar-refractivity contribution is 0.0605. The summed E-state index contributed by atoms with van der Waals surface area (Å²) < 4.78 is 5.68. The van der Waals surface area contributed by atoms with E-state index in [1.807, 2.05) is 7.11 Å². The molecule has 2 aliphatic carbocycles. The van der Waals surface area contributed by atoms with Crippen LogP contribution in [0, 0.1) is 0 Å². The summed E-state index contributed by atoms with van der Waals surface area (Å²) in [6.45, 7) is 0. The molecule has 0 heterocycles. The van der Waals surface area contributed by atoms with E-state index in [4.69, 9.17) is 4.74 Å². The van der Waals surface area contributed by atoms with Gasteiger partial charge in [-0.05, 0) is 37.8 Å². The highest BCUT2D eigenvalue weighted by Gasteiger charge is 2.25. The number of methoxy groups -OCH3 is 1. The summed E-state index contributed by atoms with van der Waals surface area (Å²) in [5, 5.41) is 4.60. The van der Waals surface area contributed by atoms with Crippen molar-refractivity contribution in [3.63, 3.8) is 0 Å². The smallest absolute Gasteiger partial charge is 0.0772 e. The number of hydrogen-bond acceptors (Lipinski definition) is 3. The van der Waals surface area contributed by atoms with Gasteiger partial charge in [0.1, 0.15) is 0 Å². The molecule has 116 valence electrons. The second kappa shape index (κ2) is 7.55. The molecule has 0 radical (unpaired) electrons. The van der Waals surface area contributed by atoms with E-state index in [-0.39, 0.29) is 0 Å². The van der Waals surface area contributed by atoms with Crippen LogP contribution in [0.2, 0.25) is 0 Å². The molecule has 0 saturated heterocycles. The number of thioether (sulfide) groups is 1. The molecule has 0 amide bonds. The van der Waals surface area contributed by atoms with E-state index in [9.17, 15) is 0 Å². The SMILES string of the molecule is COC1CCCCC1Nc1ccccc1SC1CCCC1. The molecule has 0 aliphatic heterocycles. The maximum atomic E-state index is 5.68. The average molecular weight is 305 g/mol. The summed E-state index contributed by atoms with van der Waals surface area (Å²) in [4.78, 5) is 1.42. The third-order valence-electron chi connectivity index (χ3n) is 4.83. The minimum Gasteiger partial charge on any atom is -0.379 e. The van der Waals surface area contributed by atoms with E-state index in [0.717, 1.165) is 5.25 Å². The summed E-state index contributed by atoms with van der Waals surface area (Å²) in [7, 11) is 1.85. The lowest BCUT2D eigenvalue weighted by Crippen LogP contribution is -2.37. The third kappa shape index (κ3) is 3.95. The molecule has 3 heteroatoms. The number of para-hydroxylation sites is 1. The molecule has 1 aromatic carbocycles. The van der Waals surface area contributed by atoms with Gasteiger partial charge in [-0.25, -0.2) is 0 Å². The minimum absolute atomic E-state index is 0.364. The lowest BCUT2D eigenvalue weighted by Gasteiger charge is -2.32. The molecule has 0 spiro atoms. The van der Waals surface area contributed by atoms with E-state index >= 15 is 0 Å². The molecule has 21 heavy (non-hydrogen) atoms. The van der Waals surface area contributed by atoms with Gasteiger partial charge in [0, 0.05) is 22.9 Å². The summed E-state index contributed by atoms with van der Waals surface area (Å²) in [6, 6.07) is 9.28. The zero-order valence-electron chi connectivity index (χ0n) is 13.0. The highest BCUT2D eigenvalue weighted by atomic mass is 32.2. The zero-order valence-corrected chi connectivity index (χ0v) is 13.8. The maximum absolute atomic E-state index is 5.68. The Labute approximate surface area is 133 Å². The van der Waals surface area contributed by atoms with Crippen molar-refractivity contribution in [1.29, 1.82) is 0 Å². The second-order valence-electron chi connectivity index (χ2n) is 6.33. The zero-order chi connectivity index (χ0) is 14.5. The van der Waals surface area contributed by atoms with Crippen LogP contribution in [-0.4, -0.2) is 24.5 Å². The third-order valence-corrected chi connectivity index (χ3v) is 6.24. The molecule has 3 rings (SSSR count). The average Bonchev–Trinajstić information content (AvgIpc) is 3.03. The Morgan fingerprint density at radius 1 is 1.00 bits per heavy atom. The largest absolute Gasteiger partial charge is 0.379 e. The van der Waals surface area contributed by atoms with Crippen molar-refractivity contribution in [1.82, 2.24) is 0 Å². The van der Waals surface area contributed by atoms with E-state index in [1.165, 1.54) is 61.9 Å². The molecule has 2 atom stereocenters. The quantitative estimate of drug-likeness (QED) is 0.818. The fraction of sp³-hybridized carbons (Fsp3) is 0.667. The van der Waals surface area contributed by atoms with E-state index in [2.05, 4.69) is 41.3 Å². The first-order valence-corrected chi connectivity index (χ1v) is 9.30. The van der Waals surface area contributed by atoms with Crippen LogP contribution in [0.15, 0.2) is 29.2 Å². The van der Waals surface area contributed by atoms with Crippen LogP contribution in [-0.2, 0) is 4.74 Å². The summed E-state index contributed by atoms with van der Waals surface area (Å²) in [6.07, 6.45) is 11.0. The number of ether oxygens (including phenoxy) is 1. The Morgan fingerprint density at radius 3 is 2.52 bits per heavy atom. The molecule has 2 unspecified atom stereocenters. The molecular weight excluding hydrogens is 278 g/mol. The Hall–Kier alpha value is -0.670. The molecule has 0 bridgehead atoms. The van der Waals surface area contributed by atoms with Gasteiger partial charge in [-0.2, -0.15) is 0 Å². The molecule has 2 fully saturated rings. The Bertz CT molecular complexity index is 445. The second-order valence-corrected chi connectivity index (χ2v) is 7.67. The molecule has 1 aromatic rings. The van der Waals surface area contributed by atoms with Gasteiger partial charge in [0.15, 0.2) is 0 Å². The van der Waals surface area contributed by atoms with Crippen LogP contribution in [0.1, 0.15) is 51.4 Å². The highest BCUT2D eigenvalue weighted by Crippen LogP contribution is 2.38. The predicted octanol–water partition coefficient (Wildman–Crippen LogP) is 5.09. The lowest BCUT2D eigenvalue weighted by atomic mass is 9.92. The standard InChI is InChI=1S/C18H27NOS/c1-20-17-12-6-4-10-15(17)19-16-11-5-7-13-18(16)21-14-8-2-3-9-14/h5,7,11,13-15,17,19H,2-4,6,8-10,12H2,1H3. The number of nitrogens with one attached hydrogen (secondary N) is 1. The molecule has 1 N–H and O–H groups in total. The van der Waals surface area contributed by atoms with Gasteiger partial charge in [0.2, 0.25) is 0 Å². The van der Waals surface area contributed by atoms with Crippen LogP contribution in [0.3, 0.4) is 0 Å². The van der Waals surface area contributed by atoms with Gasteiger partial charge in [0.25, 0.3) is 0 Å². The summed E-state index contributed by atoms with van der Waals surface area (Å²) >= 11 is 2.07. The van der Waals surface area contributed by atoms with Crippen LogP contribution >= 0.6 is 11.8 Å². The Morgan fingerprint density at radius 2 is 1.71 bits per heavy atom. The van der Waals surface area contributed by atoms with E-state index in [0.29, 0.717) is 12.1 Å². The minimum atomic E-state index is 0.364. The van der Waals surface area contributed by atoms with Crippen LogP contribution in [0.5, 0.6) is 0 Å². The fourth-order valence-electron chi connectivity index (χ4n) is 3.62. The van der Waals surface area contributed by atoms with Crippen molar-refractivity contribution >= 4 is 17.4 Å². The van der Waals surface area contributed by atoms with Crippen molar-refractivity contribution < 1.29 is 4.74 Å². The van der Waals surface area contributed by atoms with Crippen molar-refractivity contribution in [2.75, 3.05) is 12.4 Å². The molecule has 0 aromatic heterocycles. The van der Waals surface area contributed by atoms with Crippen LogP contribution in [0.4, 0.5) is 5.69 Å². The van der Waals surface area contributed by atoms with Gasteiger partial charge < -0.3 is 10.1 Å². The predicted molar refractivity (Wildman–Crippen MR) is 91.2 cm³/mol. The first kappa shape index (κ1) is 15.2. The molecular formula is C18H27NOS. The van der Waals surface area contributed by atoms with Crippen molar-refractivity contribution in [3.8, 4) is 0 Å². The molecule has 2 saturated carbocycles. The number of anilines is 1. The highest BCUT2D eigenvalue weighted by molar-refractivity contribution is 8.00. The summed E-state index contributed by atoms with van der Waals surface area (Å²) in [5.74, 6) is 0.